The summed E-state index contributed by atoms with van der Waals surface area (Å²) < 4.78 is 0.483. The molecule has 2 rings (SSSR count). The smallest absolute Gasteiger partial charge is 0.265 e. The minimum absolute atomic E-state index is 0.131. The molecule has 0 spiro atoms. The summed E-state index contributed by atoms with van der Waals surface area (Å²) in [4.78, 5) is 19.3. The molecule has 0 amide bonds. The summed E-state index contributed by atoms with van der Waals surface area (Å²) in [5, 5.41) is 0.508. The number of aromatic amines is 1. The highest BCUT2D eigenvalue weighted by Crippen LogP contribution is 2.24. The van der Waals surface area contributed by atoms with Gasteiger partial charge in [-0.15, -0.1) is 0 Å². The van der Waals surface area contributed by atoms with Crippen molar-refractivity contribution in [3.63, 3.8) is 0 Å². The molecule has 100 valence electrons. The van der Waals surface area contributed by atoms with Crippen LogP contribution in [0, 0.1) is 0 Å². The molecule has 0 aliphatic rings. The average Bonchev–Trinajstić information content (AvgIpc) is 2.41. The van der Waals surface area contributed by atoms with E-state index < -0.39 is 0 Å². The fourth-order valence-electron chi connectivity index (χ4n) is 1.61. The number of nitrogens with zero attached hydrogens (tertiary/aromatic N) is 1. The number of nitrogens with one attached hydrogen (secondary N) is 1. The van der Waals surface area contributed by atoms with E-state index in [1.807, 2.05) is 30.3 Å². The second kappa shape index (κ2) is 6.39. The summed E-state index contributed by atoms with van der Waals surface area (Å²) >= 11 is 5.07. The molecule has 0 fully saturated rings. The van der Waals surface area contributed by atoms with Gasteiger partial charge in [0, 0.05) is 5.56 Å². The molecular weight excluding hydrogens is 324 g/mol. The zero-order valence-electron chi connectivity index (χ0n) is 10.8. The van der Waals surface area contributed by atoms with Crippen LogP contribution in [0.4, 0.5) is 0 Å². The zero-order valence-corrected chi connectivity index (χ0v) is 13.2. The van der Waals surface area contributed by atoms with Crippen molar-refractivity contribution >= 4 is 27.7 Å². The monoisotopic (exact) mass is 338 g/mol. The number of aromatic nitrogens is 2. The summed E-state index contributed by atoms with van der Waals surface area (Å²) in [6, 6.07) is 9.72. The lowest BCUT2D eigenvalue weighted by Gasteiger charge is -2.08. The summed E-state index contributed by atoms with van der Waals surface area (Å²) in [7, 11) is 0. The van der Waals surface area contributed by atoms with Gasteiger partial charge in [0.15, 0.2) is 0 Å². The second-order valence-electron chi connectivity index (χ2n) is 4.40. The number of halogens is 1. The van der Waals surface area contributed by atoms with Crippen molar-refractivity contribution in [1.29, 1.82) is 0 Å². The van der Waals surface area contributed by atoms with Crippen molar-refractivity contribution in [3.05, 3.63) is 51.0 Å². The minimum atomic E-state index is -0.131. The third-order valence-corrected chi connectivity index (χ3v) is 4.35. The van der Waals surface area contributed by atoms with Crippen LogP contribution < -0.4 is 5.56 Å². The molecule has 0 saturated carbocycles. The van der Waals surface area contributed by atoms with E-state index in [0.717, 1.165) is 5.56 Å². The quantitative estimate of drug-likeness (QED) is 0.921. The van der Waals surface area contributed by atoms with E-state index in [4.69, 9.17) is 0 Å². The van der Waals surface area contributed by atoms with Gasteiger partial charge >= 0.3 is 0 Å². The van der Waals surface area contributed by atoms with E-state index in [0.29, 0.717) is 27.0 Å². The van der Waals surface area contributed by atoms with Crippen molar-refractivity contribution in [2.75, 3.05) is 0 Å². The highest BCUT2D eigenvalue weighted by molar-refractivity contribution is 9.10. The first-order valence-corrected chi connectivity index (χ1v) is 7.88. The Bertz CT molecular complexity index is 611. The molecule has 1 N–H and O–H groups in total. The molecular formula is C14H15BrN2OS. The Morgan fingerprint density at radius 3 is 2.63 bits per heavy atom. The standard InChI is InChI=1S/C14H15BrN2OS/c1-9(2)19-8-11-16-13(12(15)14(18)17-11)10-6-4-3-5-7-10/h3-7,9H,8H2,1-2H3,(H,16,17,18). The van der Waals surface area contributed by atoms with E-state index in [1.54, 1.807) is 11.8 Å². The van der Waals surface area contributed by atoms with Gasteiger partial charge in [-0.1, -0.05) is 44.2 Å². The van der Waals surface area contributed by atoms with Crippen LogP contribution >= 0.6 is 27.7 Å². The van der Waals surface area contributed by atoms with Gasteiger partial charge in [0.1, 0.15) is 10.3 Å². The average molecular weight is 339 g/mol. The van der Waals surface area contributed by atoms with Crippen LogP contribution in [-0.2, 0) is 5.75 Å². The zero-order chi connectivity index (χ0) is 13.8. The maximum absolute atomic E-state index is 11.9. The molecule has 0 unspecified atom stereocenters. The van der Waals surface area contributed by atoms with Crippen molar-refractivity contribution in [1.82, 2.24) is 9.97 Å². The summed E-state index contributed by atoms with van der Waals surface area (Å²) in [6.45, 7) is 4.25. The van der Waals surface area contributed by atoms with Gasteiger partial charge in [-0.3, -0.25) is 4.79 Å². The Morgan fingerprint density at radius 1 is 1.32 bits per heavy atom. The topological polar surface area (TPSA) is 45.8 Å². The molecule has 0 saturated heterocycles. The van der Waals surface area contributed by atoms with Gasteiger partial charge in [-0.2, -0.15) is 11.8 Å². The summed E-state index contributed by atoms with van der Waals surface area (Å²) in [6.07, 6.45) is 0. The molecule has 0 atom stereocenters. The van der Waals surface area contributed by atoms with Crippen molar-refractivity contribution in [2.24, 2.45) is 0 Å². The largest absolute Gasteiger partial charge is 0.309 e. The first-order chi connectivity index (χ1) is 9.08. The fraction of sp³-hybridized carbons (Fsp3) is 0.286. The molecule has 2 aromatic rings. The number of hydrogen-bond donors (Lipinski definition) is 1. The summed E-state index contributed by atoms with van der Waals surface area (Å²) in [5.41, 5.74) is 1.51. The first-order valence-electron chi connectivity index (χ1n) is 6.03. The Labute approximate surface area is 125 Å². The van der Waals surface area contributed by atoms with E-state index in [9.17, 15) is 4.79 Å². The lowest BCUT2D eigenvalue weighted by Crippen LogP contribution is -2.13. The molecule has 1 aromatic heterocycles. The molecule has 5 heteroatoms. The predicted octanol–water partition coefficient (Wildman–Crippen LogP) is 3.84. The van der Waals surface area contributed by atoms with E-state index in [1.165, 1.54) is 0 Å². The highest BCUT2D eigenvalue weighted by atomic mass is 79.9. The molecule has 0 aliphatic carbocycles. The summed E-state index contributed by atoms with van der Waals surface area (Å²) in [5.74, 6) is 1.42. The van der Waals surface area contributed by atoms with Crippen LogP contribution in [0.15, 0.2) is 39.6 Å². The lowest BCUT2D eigenvalue weighted by molar-refractivity contribution is 0.989. The number of benzene rings is 1. The molecule has 0 radical (unpaired) electrons. The normalized spacial score (nSPS) is 10.9. The fourth-order valence-corrected chi connectivity index (χ4v) is 2.65. The molecule has 3 nitrogen and oxygen atoms in total. The second-order valence-corrected chi connectivity index (χ2v) is 6.76. The Balaban J connectivity index is 2.41. The van der Waals surface area contributed by atoms with Gasteiger partial charge in [-0.25, -0.2) is 4.98 Å². The van der Waals surface area contributed by atoms with Gasteiger partial charge in [0.25, 0.3) is 5.56 Å². The van der Waals surface area contributed by atoms with Gasteiger partial charge in [-0.05, 0) is 21.2 Å². The number of thioether (sulfide) groups is 1. The molecule has 19 heavy (non-hydrogen) atoms. The Hall–Kier alpha value is -1.07. The van der Waals surface area contributed by atoms with Crippen LogP contribution in [0.3, 0.4) is 0 Å². The maximum atomic E-state index is 11.9. The van der Waals surface area contributed by atoms with Crippen molar-refractivity contribution in [2.45, 2.75) is 24.9 Å². The first kappa shape index (κ1) is 14.3. The van der Waals surface area contributed by atoms with E-state index in [2.05, 4.69) is 39.7 Å². The van der Waals surface area contributed by atoms with Crippen LogP contribution in [0.5, 0.6) is 0 Å². The van der Waals surface area contributed by atoms with Gasteiger partial charge in [0.05, 0.1) is 11.4 Å². The molecule has 1 aromatic carbocycles. The van der Waals surface area contributed by atoms with Crippen LogP contribution in [-0.4, -0.2) is 15.2 Å². The molecule has 1 heterocycles. The molecule has 0 bridgehead atoms. The lowest BCUT2D eigenvalue weighted by atomic mass is 10.1. The van der Waals surface area contributed by atoms with Gasteiger partial charge < -0.3 is 4.98 Å². The molecule has 0 aliphatic heterocycles. The third kappa shape index (κ3) is 3.70. The van der Waals surface area contributed by atoms with Crippen LogP contribution in [0.1, 0.15) is 19.7 Å². The Morgan fingerprint density at radius 2 is 2.00 bits per heavy atom. The predicted molar refractivity (Wildman–Crippen MR) is 84.4 cm³/mol. The number of hydrogen-bond acceptors (Lipinski definition) is 3. The third-order valence-electron chi connectivity index (χ3n) is 2.51. The number of rotatable bonds is 4. The van der Waals surface area contributed by atoms with E-state index in [-0.39, 0.29) is 5.56 Å². The van der Waals surface area contributed by atoms with Crippen LogP contribution in [0.2, 0.25) is 0 Å². The van der Waals surface area contributed by atoms with Crippen molar-refractivity contribution in [3.8, 4) is 11.3 Å². The minimum Gasteiger partial charge on any atom is -0.309 e. The van der Waals surface area contributed by atoms with E-state index >= 15 is 0 Å². The number of H-pyrrole nitrogens is 1. The SMILES string of the molecule is CC(C)SCc1nc(-c2ccccc2)c(Br)c(=O)[nH]1. The highest BCUT2D eigenvalue weighted by Gasteiger charge is 2.11. The van der Waals surface area contributed by atoms with Crippen molar-refractivity contribution < 1.29 is 0 Å². The van der Waals surface area contributed by atoms with Crippen LogP contribution in [0.25, 0.3) is 11.3 Å². The van der Waals surface area contributed by atoms with Gasteiger partial charge in [0.2, 0.25) is 0 Å². The maximum Gasteiger partial charge on any atom is 0.265 e. The Kier molecular flexibility index (Phi) is 4.82.